The molecule has 2 N–H and O–H groups in total. The van der Waals surface area contributed by atoms with Gasteiger partial charge in [-0.15, -0.1) is 16.4 Å². The molecule has 0 aliphatic heterocycles. The fraction of sp³-hybridized carbons (Fsp3) is 0.333. The molecule has 33 heavy (non-hydrogen) atoms. The number of nitrogens with zero attached hydrogens (tertiary/aromatic N) is 5. The first kappa shape index (κ1) is 21.7. The Morgan fingerprint density at radius 2 is 2.24 bits per heavy atom. The van der Waals surface area contributed by atoms with E-state index in [0.29, 0.717) is 28.8 Å². The van der Waals surface area contributed by atoms with Gasteiger partial charge < -0.3 is 10.3 Å². The number of nitrogens with one attached hydrogen (secondary N) is 2. The summed E-state index contributed by atoms with van der Waals surface area (Å²) in [6.45, 7) is 1.66. The second-order valence-corrected chi connectivity index (χ2v) is 9.89. The lowest BCUT2D eigenvalue weighted by Crippen LogP contribution is -2.14. The third-order valence-corrected chi connectivity index (χ3v) is 7.58. The number of rotatable bonds is 7. The van der Waals surface area contributed by atoms with Crippen LogP contribution < -0.4 is 10.9 Å². The van der Waals surface area contributed by atoms with Crippen LogP contribution in [0.3, 0.4) is 0 Å². The van der Waals surface area contributed by atoms with Gasteiger partial charge in [0.1, 0.15) is 22.2 Å². The summed E-state index contributed by atoms with van der Waals surface area (Å²) in [6, 6.07) is 4.25. The first-order chi connectivity index (χ1) is 16.0. The Bertz CT molecular complexity index is 1410. The molecule has 1 aliphatic carbocycles. The van der Waals surface area contributed by atoms with Crippen LogP contribution in [0, 0.1) is 12.7 Å². The molecule has 4 aromatic rings. The lowest BCUT2D eigenvalue weighted by atomic mass is 10.2. The van der Waals surface area contributed by atoms with Crippen LogP contribution in [-0.2, 0) is 23.4 Å². The number of tetrazole rings is 1. The number of benzene rings is 1. The molecule has 1 amide bonds. The Balaban J connectivity index is 1.17. The Hall–Kier alpha value is -3.12. The minimum atomic E-state index is -0.492. The Kier molecular flexibility index (Phi) is 5.94. The van der Waals surface area contributed by atoms with Gasteiger partial charge in [0.05, 0.1) is 11.1 Å². The third-order valence-electron chi connectivity index (χ3n) is 5.42. The normalized spacial score (nSPS) is 12.9. The number of aromatic nitrogens is 6. The van der Waals surface area contributed by atoms with Gasteiger partial charge in [-0.05, 0) is 60.4 Å². The summed E-state index contributed by atoms with van der Waals surface area (Å²) in [5.74, 6) is 1.44. The van der Waals surface area contributed by atoms with E-state index in [-0.39, 0.29) is 23.6 Å². The van der Waals surface area contributed by atoms with Crippen molar-refractivity contribution in [2.75, 3.05) is 11.1 Å². The van der Waals surface area contributed by atoms with Crippen molar-refractivity contribution in [1.29, 1.82) is 0 Å². The standard InChI is InChI=1S/C21H20FN7O2S2/c1-11-26-27-28-29(11)15-9-12(5-6-14(15)22)23-18(30)7-8-32-10-17-24-20(31)19-13-3-2-4-16(13)33-21(19)25-17/h5-6,9H,2-4,7-8,10H2,1H3,(H,23,30)(H,24,25,31). The third kappa shape index (κ3) is 4.40. The van der Waals surface area contributed by atoms with Crippen LogP contribution in [0.5, 0.6) is 0 Å². The van der Waals surface area contributed by atoms with Gasteiger partial charge in [0, 0.05) is 22.7 Å². The van der Waals surface area contributed by atoms with Crippen molar-refractivity contribution in [3.05, 3.63) is 56.5 Å². The molecule has 1 aliphatic rings. The zero-order valence-electron chi connectivity index (χ0n) is 17.7. The predicted molar refractivity (Wildman–Crippen MR) is 126 cm³/mol. The Morgan fingerprint density at radius 1 is 1.36 bits per heavy atom. The van der Waals surface area contributed by atoms with Crippen LogP contribution in [0.25, 0.3) is 15.9 Å². The van der Waals surface area contributed by atoms with E-state index in [1.165, 1.54) is 45.1 Å². The average molecular weight is 486 g/mol. The molecule has 12 heteroatoms. The Labute approximate surface area is 195 Å². The average Bonchev–Trinajstić information content (AvgIpc) is 3.48. The van der Waals surface area contributed by atoms with Crippen molar-refractivity contribution in [2.45, 2.75) is 38.4 Å². The number of halogens is 1. The van der Waals surface area contributed by atoms with E-state index in [0.717, 1.165) is 29.5 Å². The number of aromatic amines is 1. The van der Waals surface area contributed by atoms with Gasteiger partial charge in [0.25, 0.3) is 5.56 Å². The van der Waals surface area contributed by atoms with Crippen molar-refractivity contribution in [3.8, 4) is 5.69 Å². The zero-order valence-corrected chi connectivity index (χ0v) is 19.4. The molecule has 3 heterocycles. The van der Waals surface area contributed by atoms with Crippen molar-refractivity contribution >= 4 is 44.9 Å². The quantitative estimate of drug-likeness (QED) is 0.386. The summed E-state index contributed by atoms with van der Waals surface area (Å²) in [6.07, 6.45) is 3.35. The van der Waals surface area contributed by atoms with Crippen molar-refractivity contribution in [1.82, 2.24) is 30.2 Å². The van der Waals surface area contributed by atoms with Gasteiger partial charge in [-0.3, -0.25) is 9.59 Å². The number of thioether (sulfide) groups is 1. The van der Waals surface area contributed by atoms with Gasteiger partial charge in [0.15, 0.2) is 5.82 Å². The molecule has 0 saturated heterocycles. The monoisotopic (exact) mass is 485 g/mol. The zero-order chi connectivity index (χ0) is 22.9. The maximum absolute atomic E-state index is 14.2. The summed E-state index contributed by atoms with van der Waals surface area (Å²) in [4.78, 5) is 34.5. The topological polar surface area (TPSA) is 118 Å². The molecule has 3 aromatic heterocycles. The molecule has 0 saturated carbocycles. The lowest BCUT2D eigenvalue weighted by molar-refractivity contribution is -0.115. The number of aryl methyl sites for hydroxylation is 3. The highest BCUT2D eigenvalue weighted by Crippen LogP contribution is 2.34. The van der Waals surface area contributed by atoms with E-state index < -0.39 is 5.82 Å². The second-order valence-electron chi connectivity index (χ2n) is 7.70. The first-order valence-electron chi connectivity index (χ1n) is 10.5. The first-order valence-corrected chi connectivity index (χ1v) is 12.4. The van der Waals surface area contributed by atoms with E-state index in [4.69, 9.17) is 0 Å². The summed E-state index contributed by atoms with van der Waals surface area (Å²) >= 11 is 3.14. The summed E-state index contributed by atoms with van der Waals surface area (Å²) in [5.41, 5.74) is 1.71. The van der Waals surface area contributed by atoms with Crippen LogP contribution in [0.1, 0.15) is 34.9 Å². The van der Waals surface area contributed by atoms with E-state index >= 15 is 0 Å². The Morgan fingerprint density at radius 3 is 3.06 bits per heavy atom. The number of amides is 1. The maximum Gasteiger partial charge on any atom is 0.259 e. The smallest absolute Gasteiger partial charge is 0.259 e. The van der Waals surface area contributed by atoms with E-state index in [1.807, 2.05) is 0 Å². The van der Waals surface area contributed by atoms with Crippen LogP contribution in [0.4, 0.5) is 10.1 Å². The maximum atomic E-state index is 14.2. The number of carbonyl (C=O) groups is 1. The second kappa shape index (κ2) is 9.02. The van der Waals surface area contributed by atoms with Gasteiger partial charge in [-0.2, -0.15) is 16.4 Å². The fourth-order valence-corrected chi connectivity index (χ4v) is 5.96. The highest BCUT2D eigenvalue weighted by atomic mass is 32.2. The molecular formula is C21H20FN7O2S2. The van der Waals surface area contributed by atoms with Gasteiger partial charge >= 0.3 is 0 Å². The predicted octanol–water partition coefficient (Wildman–Crippen LogP) is 3.16. The van der Waals surface area contributed by atoms with E-state index in [2.05, 4.69) is 30.8 Å². The van der Waals surface area contributed by atoms with Crippen LogP contribution in [0.15, 0.2) is 23.0 Å². The fourth-order valence-electron chi connectivity index (χ4n) is 3.88. The number of H-pyrrole nitrogens is 1. The number of thiophene rings is 1. The minimum Gasteiger partial charge on any atom is -0.326 e. The number of hydrogen-bond acceptors (Lipinski definition) is 8. The van der Waals surface area contributed by atoms with Crippen molar-refractivity contribution < 1.29 is 9.18 Å². The molecule has 0 radical (unpaired) electrons. The molecule has 5 rings (SSSR count). The SMILES string of the molecule is Cc1nnnn1-c1cc(NC(=O)CCSCc2nc3sc4c(c3c(=O)[nH]2)CCC4)ccc1F. The van der Waals surface area contributed by atoms with E-state index in [9.17, 15) is 14.0 Å². The molecule has 170 valence electrons. The molecule has 0 spiro atoms. The molecule has 0 atom stereocenters. The number of anilines is 1. The molecule has 1 aromatic carbocycles. The van der Waals surface area contributed by atoms with Crippen LogP contribution in [-0.4, -0.2) is 41.8 Å². The number of fused-ring (bicyclic) bond motifs is 3. The number of hydrogen-bond donors (Lipinski definition) is 2. The summed E-state index contributed by atoms with van der Waals surface area (Å²) in [7, 11) is 0. The van der Waals surface area contributed by atoms with Crippen LogP contribution >= 0.6 is 23.1 Å². The summed E-state index contributed by atoms with van der Waals surface area (Å²) in [5, 5.41) is 14.6. The number of carbonyl (C=O) groups excluding carboxylic acids is 1. The molecule has 9 nitrogen and oxygen atoms in total. The van der Waals surface area contributed by atoms with Crippen molar-refractivity contribution in [2.24, 2.45) is 0 Å². The lowest BCUT2D eigenvalue weighted by Gasteiger charge is -2.09. The largest absolute Gasteiger partial charge is 0.326 e. The van der Waals surface area contributed by atoms with Gasteiger partial charge in [-0.1, -0.05) is 0 Å². The van der Waals surface area contributed by atoms with Crippen LogP contribution in [0.2, 0.25) is 0 Å². The minimum absolute atomic E-state index is 0.0716. The highest BCUT2D eigenvalue weighted by Gasteiger charge is 2.21. The summed E-state index contributed by atoms with van der Waals surface area (Å²) < 4.78 is 15.4. The molecular weight excluding hydrogens is 465 g/mol. The van der Waals surface area contributed by atoms with E-state index in [1.54, 1.807) is 18.3 Å². The highest BCUT2D eigenvalue weighted by molar-refractivity contribution is 7.98. The molecule has 0 bridgehead atoms. The van der Waals surface area contributed by atoms with Gasteiger partial charge in [-0.25, -0.2) is 9.37 Å². The molecule has 0 fully saturated rings. The molecule has 0 unspecified atom stereocenters. The van der Waals surface area contributed by atoms with Gasteiger partial charge in [0.2, 0.25) is 5.91 Å². The van der Waals surface area contributed by atoms with Crippen molar-refractivity contribution in [3.63, 3.8) is 0 Å².